The van der Waals surface area contributed by atoms with Crippen LogP contribution in [0.2, 0.25) is 0 Å². The van der Waals surface area contributed by atoms with Gasteiger partial charge >= 0.3 is 5.97 Å². The standard InChI is InChI=1S/C15H19ClN2O3/c1-4-8-21-12-7-5-6-11-14(12)17-15(10(2)16)18(11)9-13(19)20-3/h5-7,10H,4,8-9H2,1-3H3. The molecule has 114 valence electrons. The van der Waals surface area contributed by atoms with Gasteiger partial charge in [-0.1, -0.05) is 13.0 Å². The summed E-state index contributed by atoms with van der Waals surface area (Å²) >= 11 is 6.19. The van der Waals surface area contributed by atoms with Gasteiger partial charge < -0.3 is 14.0 Å². The normalized spacial score (nSPS) is 12.4. The van der Waals surface area contributed by atoms with Crippen LogP contribution in [0.25, 0.3) is 11.0 Å². The molecular formula is C15H19ClN2O3. The van der Waals surface area contributed by atoms with Crippen LogP contribution in [0.4, 0.5) is 0 Å². The average molecular weight is 311 g/mol. The lowest BCUT2D eigenvalue weighted by atomic mass is 10.3. The van der Waals surface area contributed by atoms with E-state index in [9.17, 15) is 4.79 Å². The number of rotatable bonds is 6. The van der Waals surface area contributed by atoms with Crippen molar-refractivity contribution in [3.63, 3.8) is 0 Å². The fourth-order valence-electron chi connectivity index (χ4n) is 2.13. The van der Waals surface area contributed by atoms with Crippen molar-refractivity contribution in [3.8, 4) is 5.75 Å². The lowest BCUT2D eigenvalue weighted by Gasteiger charge is -2.09. The van der Waals surface area contributed by atoms with Gasteiger partial charge in [-0.25, -0.2) is 4.98 Å². The number of hydrogen-bond donors (Lipinski definition) is 0. The number of alkyl halides is 1. The largest absolute Gasteiger partial charge is 0.491 e. The Bertz CT molecular complexity index is 637. The minimum Gasteiger partial charge on any atom is -0.491 e. The van der Waals surface area contributed by atoms with Crippen molar-refractivity contribution in [2.75, 3.05) is 13.7 Å². The summed E-state index contributed by atoms with van der Waals surface area (Å²) in [6.45, 7) is 4.57. The second-order valence-corrected chi connectivity index (χ2v) is 5.38. The molecule has 1 atom stereocenters. The Hall–Kier alpha value is -1.75. The molecule has 0 N–H and O–H groups in total. The summed E-state index contributed by atoms with van der Waals surface area (Å²) in [5.41, 5.74) is 1.54. The molecular weight excluding hydrogens is 292 g/mol. The monoisotopic (exact) mass is 310 g/mol. The Balaban J connectivity index is 2.53. The van der Waals surface area contributed by atoms with Gasteiger partial charge in [0.1, 0.15) is 23.6 Å². The van der Waals surface area contributed by atoms with Gasteiger partial charge in [0.25, 0.3) is 0 Å². The van der Waals surface area contributed by atoms with Gasteiger partial charge in [-0.05, 0) is 25.5 Å². The third kappa shape index (κ3) is 3.29. The van der Waals surface area contributed by atoms with Crippen LogP contribution >= 0.6 is 11.6 Å². The summed E-state index contributed by atoms with van der Waals surface area (Å²) in [4.78, 5) is 16.2. The molecule has 1 unspecified atom stereocenters. The molecule has 21 heavy (non-hydrogen) atoms. The highest BCUT2D eigenvalue weighted by atomic mass is 35.5. The van der Waals surface area contributed by atoms with Crippen molar-refractivity contribution < 1.29 is 14.3 Å². The Morgan fingerprint density at radius 3 is 2.86 bits per heavy atom. The quantitative estimate of drug-likeness (QED) is 0.607. The summed E-state index contributed by atoms with van der Waals surface area (Å²) in [6.07, 6.45) is 0.915. The predicted molar refractivity (Wildman–Crippen MR) is 81.8 cm³/mol. The Labute approximate surface area is 128 Å². The molecule has 1 aromatic carbocycles. The molecule has 0 aliphatic rings. The maximum Gasteiger partial charge on any atom is 0.325 e. The molecule has 0 aliphatic carbocycles. The second kappa shape index (κ2) is 6.80. The van der Waals surface area contributed by atoms with E-state index in [-0.39, 0.29) is 17.9 Å². The molecule has 0 amide bonds. The van der Waals surface area contributed by atoms with Crippen molar-refractivity contribution in [2.45, 2.75) is 32.2 Å². The first kappa shape index (κ1) is 15.6. The van der Waals surface area contributed by atoms with E-state index in [4.69, 9.17) is 21.1 Å². The highest BCUT2D eigenvalue weighted by Crippen LogP contribution is 2.30. The van der Waals surface area contributed by atoms with Gasteiger partial charge in [0.05, 0.1) is 24.6 Å². The number of esters is 1. The zero-order valence-electron chi connectivity index (χ0n) is 12.4. The second-order valence-electron chi connectivity index (χ2n) is 4.72. The molecule has 0 saturated heterocycles. The number of carbonyl (C=O) groups excluding carboxylic acids is 1. The van der Waals surface area contributed by atoms with Crippen LogP contribution in [0.5, 0.6) is 5.75 Å². The van der Waals surface area contributed by atoms with Crippen molar-refractivity contribution in [1.82, 2.24) is 9.55 Å². The van der Waals surface area contributed by atoms with Crippen LogP contribution in [-0.4, -0.2) is 29.2 Å². The first-order chi connectivity index (χ1) is 10.1. The molecule has 0 bridgehead atoms. The van der Waals surface area contributed by atoms with E-state index in [0.717, 1.165) is 17.5 Å². The van der Waals surface area contributed by atoms with Crippen molar-refractivity contribution in [3.05, 3.63) is 24.0 Å². The number of benzene rings is 1. The molecule has 0 spiro atoms. The lowest BCUT2D eigenvalue weighted by Crippen LogP contribution is -2.14. The van der Waals surface area contributed by atoms with E-state index < -0.39 is 0 Å². The van der Waals surface area contributed by atoms with Crippen molar-refractivity contribution in [1.29, 1.82) is 0 Å². The average Bonchev–Trinajstić information content (AvgIpc) is 2.84. The van der Waals surface area contributed by atoms with Gasteiger partial charge in [-0.2, -0.15) is 0 Å². The molecule has 2 rings (SSSR count). The summed E-state index contributed by atoms with van der Waals surface area (Å²) in [7, 11) is 1.36. The number of imidazole rings is 1. The summed E-state index contributed by atoms with van der Waals surface area (Å²) in [6, 6.07) is 5.65. The lowest BCUT2D eigenvalue weighted by molar-refractivity contribution is -0.141. The number of halogens is 1. The van der Waals surface area contributed by atoms with Crippen LogP contribution < -0.4 is 4.74 Å². The smallest absolute Gasteiger partial charge is 0.325 e. The van der Waals surface area contributed by atoms with Crippen LogP contribution in [0.3, 0.4) is 0 Å². The van der Waals surface area contributed by atoms with Crippen LogP contribution in [0, 0.1) is 0 Å². The number of carbonyl (C=O) groups is 1. The first-order valence-corrected chi connectivity index (χ1v) is 7.35. The Morgan fingerprint density at radius 2 is 2.24 bits per heavy atom. The van der Waals surface area contributed by atoms with Gasteiger partial charge in [0, 0.05) is 0 Å². The molecule has 2 aromatic rings. The fraction of sp³-hybridized carbons (Fsp3) is 0.467. The molecule has 0 fully saturated rings. The van der Waals surface area contributed by atoms with E-state index in [2.05, 4.69) is 4.98 Å². The molecule has 0 saturated carbocycles. The topological polar surface area (TPSA) is 53.4 Å². The molecule has 0 radical (unpaired) electrons. The number of para-hydroxylation sites is 1. The van der Waals surface area contributed by atoms with E-state index >= 15 is 0 Å². The number of fused-ring (bicyclic) bond motifs is 1. The maximum absolute atomic E-state index is 11.6. The Morgan fingerprint density at radius 1 is 1.48 bits per heavy atom. The maximum atomic E-state index is 11.6. The minimum atomic E-state index is -0.340. The third-order valence-electron chi connectivity index (χ3n) is 3.10. The van der Waals surface area contributed by atoms with Crippen LogP contribution in [-0.2, 0) is 16.1 Å². The van der Waals surface area contributed by atoms with Crippen molar-refractivity contribution >= 4 is 28.6 Å². The zero-order chi connectivity index (χ0) is 15.4. The van der Waals surface area contributed by atoms with Crippen LogP contribution in [0.15, 0.2) is 18.2 Å². The number of nitrogens with zero attached hydrogens (tertiary/aromatic N) is 2. The van der Waals surface area contributed by atoms with Gasteiger partial charge in [0.2, 0.25) is 0 Å². The van der Waals surface area contributed by atoms with E-state index in [1.807, 2.05) is 32.0 Å². The van der Waals surface area contributed by atoms with Gasteiger partial charge in [-0.3, -0.25) is 4.79 Å². The summed E-state index contributed by atoms with van der Waals surface area (Å²) in [5.74, 6) is 0.994. The predicted octanol–water partition coefficient (Wildman–Crippen LogP) is 3.30. The van der Waals surface area contributed by atoms with E-state index in [1.165, 1.54) is 7.11 Å². The molecule has 0 aliphatic heterocycles. The molecule has 5 nitrogen and oxygen atoms in total. The minimum absolute atomic E-state index is 0.0800. The van der Waals surface area contributed by atoms with E-state index in [0.29, 0.717) is 18.2 Å². The number of methoxy groups -OCH3 is 1. The fourth-order valence-corrected chi connectivity index (χ4v) is 2.30. The molecule has 1 heterocycles. The van der Waals surface area contributed by atoms with Gasteiger partial charge in [-0.15, -0.1) is 11.6 Å². The Kier molecular flexibility index (Phi) is 5.07. The highest BCUT2D eigenvalue weighted by molar-refractivity contribution is 6.20. The highest BCUT2D eigenvalue weighted by Gasteiger charge is 2.19. The first-order valence-electron chi connectivity index (χ1n) is 6.91. The number of ether oxygens (including phenoxy) is 2. The number of hydrogen-bond acceptors (Lipinski definition) is 4. The summed E-state index contributed by atoms with van der Waals surface area (Å²) in [5, 5.41) is -0.318. The van der Waals surface area contributed by atoms with E-state index in [1.54, 1.807) is 4.57 Å². The zero-order valence-corrected chi connectivity index (χ0v) is 13.2. The van der Waals surface area contributed by atoms with Gasteiger partial charge in [0.15, 0.2) is 0 Å². The third-order valence-corrected chi connectivity index (χ3v) is 3.30. The van der Waals surface area contributed by atoms with Crippen molar-refractivity contribution in [2.24, 2.45) is 0 Å². The SMILES string of the molecule is CCCOc1cccc2c1nc(C(C)Cl)n2CC(=O)OC. The molecule has 1 aromatic heterocycles. The molecule has 6 heteroatoms. The summed E-state index contributed by atoms with van der Waals surface area (Å²) < 4.78 is 12.2. The van der Waals surface area contributed by atoms with Crippen LogP contribution in [0.1, 0.15) is 31.5 Å². The number of aromatic nitrogens is 2.